The third-order valence-electron chi connectivity index (χ3n) is 3.31. The summed E-state index contributed by atoms with van der Waals surface area (Å²) in [5.74, 6) is -0.465. The monoisotopic (exact) mass is 335 g/mol. The molecule has 0 spiro atoms. The van der Waals surface area contributed by atoms with Gasteiger partial charge >= 0.3 is 0 Å². The molecule has 0 saturated carbocycles. The minimum absolute atomic E-state index is 0.198. The fourth-order valence-electron chi connectivity index (χ4n) is 2.30. The molecule has 6 nitrogen and oxygen atoms in total. The number of benzene rings is 1. The highest BCUT2D eigenvalue weighted by Crippen LogP contribution is 2.13. The summed E-state index contributed by atoms with van der Waals surface area (Å²) < 4.78 is 5.81. The average molecular weight is 335 g/mol. The van der Waals surface area contributed by atoms with Gasteiger partial charge in [-0.15, -0.1) is 0 Å². The molecule has 0 aliphatic carbocycles. The molecule has 0 fully saturated rings. The number of carbonyl (C=O) groups excluding carboxylic acids is 2. The second kappa shape index (κ2) is 9.27. The van der Waals surface area contributed by atoms with Crippen LogP contribution in [-0.2, 0) is 14.3 Å². The van der Waals surface area contributed by atoms with Crippen molar-refractivity contribution in [2.24, 2.45) is 0 Å². The van der Waals surface area contributed by atoms with Gasteiger partial charge in [0.15, 0.2) is 0 Å². The van der Waals surface area contributed by atoms with Crippen molar-refractivity contribution in [1.29, 1.82) is 0 Å². The maximum atomic E-state index is 12.1. The van der Waals surface area contributed by atoms with Crippen LogP contribution in [0, 0.1) is 0 Å². The number of para-hydroxylation sites is 1. The molecule has 0 aliphatic heterocycles. The van der Waals surface area contributed by atoms with Gasteiger partial charge in [0.05, 0.1) is 11.7 Å². The van der Waals surface area contributed by atoms with E-state index in [0.717, 1.165) is 5.69 Å². The quantitative estimate of drug-likeness (QED) is 0.678. The minimum atomic E-state index is -0.724. The van der Waals surface area contributed by atoms with Gasteiger partial charge in [0.1, 0.15) is 6.04 Å². The van der Waals surface area contributed by atoms with E-state index in [1.54, 1.807) is 14.0 Å². The van der Waals surface area contributed by atoms with Gasteiger partial charge in [-0.3, -0.25) is 9.59 Å². The van der Waals surface area contributed by atoms with E-state index in [-0.39, 0.29) is 18.2 Å². The van der Waals surface area contributed by atoms with Gasteiger partial charge in [-0.05, 0) is 39.8 Å². The number of rotatable bonds is 8. The molecule has 6 heteroatoms. The Kier molecular flexibility index (Phi) is 7.71. The van der Waals surface area contributed by atoms with Crippen molar-refractivity contribution in [1.82, 2.24) is 10.6 Å². The summed E-state index contributed by atoms with van der Waals surface area (Å²) in [5, 5.41) is 8.50. The largest absolute Gasteiger partial charge is 0.385 e. The second-order valence-electron chi connectivity index (χ2n) is 6.64. The van der Waals surface area contributed by atoms with Crippen molar-refractivity contribution in [3.05, 3.63) is 30.3 Å². The Balaban J connectivity index is 2.53. The van der Waals surface area contributed by atoms with Crippen LogP contribution >= 0.6 is 0 Å². The molecule has 2 atom stereocenters. The lowest BCUT2D eigenvalue weighted by Crippen LogP contribution is -2.54. The van der Waals surface area contributed by atoms with E-state index in [2.05, 4.69) is 16.0 Å². The van der Waals surface area contributed by atoms with Crippen LogP contribution in [0.1, 0.15) is 34.1 Å². The van der Waals surface area contributed by atoms with Gasteiger partial charge < -0.3 is 20.7 Å². The van der Waals surface area contributed by atoms with Crippen molar-refractivity contribution in [3.8, 4) is 0 Å². The fraction of sp³-hybridized carbons (Fsp3) is 0.556. The van der Waals surface area contributed by atoms with E-state index in [4.69, 9.17) is 4.74 Å². The van der Waals surface area contributed by atoms with Crippen molar-refractivity contribution in [3.63, 3.8) is 0 Å². The molecule has 0 bridgehead atoms. The van der Waals surface area contributed by atoms with Crippen LogP contribution in [0.3, 0.4) is 0 Å². The summed E-state index contributed by atoms with van der Waals surface area (Å²) in [6, 6.07) is 8.93. The highest BCUT2D eigenvalue weighted by atomic mass is 16.5. The van der Waals surface area contributed by atoms with Crippen molar-refractivity contribution < 1.29 is 14.3 Å². The van der Waals surface area contributed by atoms with Crippen LogP contribution < -0.4 is 16.0 Å². The number of amides is 2. The lowest BCUT2D eigenvalue weighted by Gasteiger charge is -2.30. The number of anilines is 1. The van der Waals surface area contributed by atoms with E-state index in [9.17, 15) is 9.59 Å². The molecule has 1 rings (SSSR count). The Morgan fingerprint density at radius 2 is 1.79 bits per heavy atom. The molecule has 1 aromatic carbocycles. The second-order valence-corrected chi connectivity index (χ2v) is 6.64. The summed E-state index contributed by atoms with van der Waals surface area (Å²) in [7, 11) is 1.54. The first kappa shape index (κ1) is 20.0. The molecule has 0 saturated heterocycles. The normalized spacial score (nSPS) is 13.7. The predicted molar refractivity (Wildman–Crippen MR) is 95.8 cm³/mol. The van der Waals surface area contributed by atoms with Gasteiger partial charge in [0, 0.05) is 25.7 Å². The lowest BCUT2D eigenvalue weighted by molar-refractivity contribution is -0.136. The van der Waals surface area contributed by atoms with E-state index in [1.807, 2.05) is 51.1 Å². The molecule has 2 amide bonds. The number of hydrogen-bond acceptors (Lipinski definition) is 4. The zero-order valence-corrected chi connectivity index (χ0v) is 15.2. The molecule has 134 valence electrons. The first-order valence-electron chi connectivity index (χ1n) is 8.20. The number of ether oxygens (including phenoxy) is 1. The lowest BCUT2D eigenvalue weighted by atomic mass is 10.1. The SMILES string of the molecule is CNC(=O)[C@@H](NC(=O)CCNc1ccccc1)[C@@H](C)OC(C)(C)C. The van der Waals surface area contributed by atoms with Crippen LogP contribution in [0.5, 0.6) is 0 Å². The Morgan fingerprint density at radius 3 is 2.33 bits per heavy atom. The van der Waals surface area contributed by atoms with Crippen LogP contribution in [0.2, 0.25) is 0 Å². The molecule has 0 heterocycles. The molecule has 3 N–H and O–H groups in total. The summed E-state index contributed by atoms with van der Waals surface area (Å²) >= 11 is 0. The Labute approximate surface area is 144 Å². The van der Waals surface area contributed by atoms with Crippen molar-refractivity contribution in [2.45, 2.75) is 51.9 Å². The number of nitrogens with one attached hydrogen (secondary N) is 3. The van der Waals surface area contributed by atoms with Gasteiger partial charge in [-0.2, -0.15) is 0 Å². The van der Waals surface area contributed by atoms with Crippen molar-refractivity contribution in [2.75, 3.05) is 18.9 Å². The minimum Gasteiger partial charge on any atom is -0.385 e. The third kappa shape index (κ3) is 7.46. The predicted octanol–water partition coefficient (Wildman–Crippen LogP) is 1.92. The summed E-state index contributed by atoms with van der Waals surface area (Å²) in [6.07, 6.45) is -0.166. The van der Waals surface area contributed by atoms with Gasteiger partial charge in [-0.25, -0.2) is 0 Å². The van der Waals surface area contributed by atoms with E-state index >= 15 is 0 Å². The van der Waals surface area contributed by atoms with Gasteiger partial charge in [0.25, 0.3) is 0 Å². The Morgan fingerprint density at radius 1 is 1.17 bits per heavy atom. The third-order valence-corrected chi connectivity index (χ3v) is 3.31. The molecule has 0 unspecified atom stereocenters. The van der Waals surface area contributed by atoms with Crippen LogP contribution in [0.15, 0.2) is 30.3 Å². The number of carbonyl (C=O) groups is 2. The smallest absolute Gasteiger partial charge is 0.245 e. The summed E-state index contributed by atoms with van der Waals surface area (Å²) in [6.45, 7) is 8.01. The molecule has 0 aliphatic rings. The van der Waals surface area contributed by atoms with Gasteiger partial charge in [0.2, 0.25) is 11.8 Å². The van der Waals surface area contributed by atoms with E-state index < -0.39 is 17.7 Å². The highest BCUT2D eigenvalue weighted by molar-refractivity contribution is 5.88. The molecule has 0 aromatic heterocycles. The molecular formula is C18H29N3O3. The topological polar surface area (TPSA) is 79.5 Å². The Bertz CT molecular complexity index is 526. The zero-order chi connectivity index (χ0) is 18.2. The van der Waals surface area contributed by atoms with E-state index in [1.165, 1.54) is 0 Å². The molecule has 0 radical (unpaired) electrons. The van der Waals surface area contributed by atoms with Gasteiger partial charge in [-0.1, -0.05) is 18.2 Å². The van der Waals surface area contributed by atoms with Crippen LogP contribution in [-0.4, -0.2) is 43.2 Å². The first-order chi connectivity index (χ1) is 11.2. The van der Waals surface area contributed by atoms with E-state index in [0.29, 0.717) is 6.54 Å². The Hall–Kier alpha value is -2.08. The fourth-order valence-corrected chi connectivity index (χ4v) is 2.30. The van der Waals surface area contributed by atoms with Crippen LogP contribution in [0.4, 0.5) is 5.69 Å². The number of likely N-dealkylation sites (N-methyl/N-ethyl adjacent to an activating group) is 1. The molecule has 24 heavy (non-hydrogen) atoms. The van der Waals surface area contributed by atoms with Crippen molar-refractivity contribution >= 4 is 17.5 Å². The zero-order valence-electron chi connectivity index (χ0n) is 15.2. The molecule has 1 aromatic rings. The standard InChI is InChI=1S/C18H29N3O3/c1-13(24-18(2,3)4)16(17(23)19-5)21-15(22)11-12-20-14-9-7-6-8-10-14/h6-10,13,16,20H,11-12H2,1-5H3,(H,19,23)(H,21,22)/t13-,16+/m1/s1. The average Bonchev–Trinajstić information content (AvgIpc) is 2.51. The summed E-state index contributed by atoms with van der Waals surface area (Å²) in [4.78, 5) is 24.2. The maximum Gasteiger partial charge on any atom is 0.245 e. The molecular weight excluding hydrogens is 306 g/mol. The number of hydrogen-bond donors (Lipinski definition) is 3. The maximum absolute atomic E-state index is 12.1. The van der Waals surface area contributed by atoms with Crippen LogP contribution in [0.25, 0.3) is 0 Å². The highest BCUT2D eigenvalue weighted by Gasteiger charge is 2.29. The first-order valence-corrected chi connectivity index (χ1v) is 8.20. The summed E-state index contributed by atoms with van der Waals surface area (Å²) in [5.41, 5.74) is 0.559.